The van der Waals surface area contributed by atoms with Crippen molar-refractivity contribution in [3.05, 3.63) is 0 Å². The van der Waals surface area contributed by atoms with Gasteiger partial charge in [0.05, 0.1) is 12.6 Å². The van der Waals surface area contributed by atoms with Crippen LogP contribution in [0.25, 0.3) is 0 Å². The minimum absolute atomic E-state index is 0.00153. The fourth-order valence-electron chi connectivity index (χ4n) is 4.92. The van der Waals surface area contributed by atoms with Crippen molar-refractivity contribution in [3.63, 3.8) is 0 Å². The van der Waals surface area contributed by atoms with Crippen molar-refractivity contribution < 1.29 is 9.59 Å². The van der Waals surface area contributed by atoms with Gasteiger partial charge in [-0.25, -0.2) is 0 Å². The molecule has 0 bridgehead atoms. The van der Waals surface area contributed by atoms with Crippen LogP contribution in [0.2, 0.25) is 0 Å². The van der Waals surface area contributed by atoms with Gasteiger partial charge >= 0.3 is 0 Å². The topological polar surface area (TPSA) is 64.7 Å². The average molecular weight is 365 g/mol. The monoisotopic (exact) mass is 364 g/mol. The Hall–Kier alpha value is -1.14. The zero-order valence-corrected chi connectivity index (χ0v) is 16.5. The standard InChI is InChI=1S/C20H36N4O2/c1-15-6-3-7-16(2)24(15)19(25)14-23-11-5-8-17(13-23)12-22-20(26)18-9-4-10-21-18/h15-18,21H,3-14H2,1-2H3,(H,22,26). The van der Waals surface area contributed by atoms with E-state index in [0.717, 1.165) is 64.7 Å². The maximum Gasteiger partial charge on any atom is 0.237 e. The van der Waals surface area contributed by atoms with Gasteiger partial charge in [-0.15, -0.1) is 0 Å². The van der Waals surface area contributed by atoms with Crippen LogP contribution < -0.4 is 10.6 Å². The van der Waals surface area contributed by atoms with Crippen LogP contribution in [0.4, 0.5) is 0 Å². The minimum Gasteiger partial charge on any atom is -0.354 e. The summed E-state index contributed by atoms with van der Waals surface area (Å²) in [5.74, 6) is 0.884. The smallest absolute Gasteiger partial charge is 0.237 e. The van der Waals surface area contributed by atoms with E-state index < -0.39 is 0 Å². The Morgan fingerprint density at radius 1 is 1.04 bits per heavy atom. The Morgan fingerprint density at radius 3 is 2.50 bits per heavy atom. The number of piperidine rings is 2. The Balaban J connectivity index is 1.44. The third-order valence-corrected chi connectivity index (χ3v) is 6.39. The lowest BCUT2D eigenvalue weighted by atomic mass is 9.96. The molecule has 3 rings (SSSR count). The molecular formula is C20H36N4O2. The molecule has 148 valence electrons. The van der Waals surface area contributed by atoms with Crippen LogP contribution in [0.1, 0.15) is 58.8 Å². The third-order valence-electron chi connectivity index (χ3n) is 6.39. The van der Waals surface area contributed by atoms with Crippen molar-refractivity contribution >= 4 is 11.8 Å². The fraction of sp³-hybridized carbons (Fsp3) is 0.900. The summed E-state index contributed by atoms with van der Waals surface area (Å²) in [5.41, 5.74) is 0. The predicted octanol–water partition coefficient (Wildman–Crippen LogP) is 1.36. The summed E-state index contributed by atoms with van der Waals surface area (Å²) in [5, 5.41) is 6.37. The number of nitrogens with zero attached hydrogens (tertiary/aromatic N) is 2. The van der Waals surface area contributed by atoms with E-state index in [9.17, 15) is 9.59 Å². The first-order chi connectivity index (χ1) is 12.5. The molecule has 3 aliphatic heterocycles. The molecule has 0 aromatic carbocycles. The van der Waals surface area contributed by atoms with Crippen LogP contribution in [0.5, 0.6) is 0 Å². The van der Waals surface area contributed by atoms with E-state index in [2.05, 4.69) is 34.3 Å². The van der Waals surface area contributed by atoms with E-state index in [1.54, 1.807) is 0 Å². The Labute approximate surface area is 158 Å². The van der Waals surface area contributed by atoms with Crippen LogP contribution in [0.15, 0.2) is 0 Å². The van der Waals surface area contributed by atoms with Gasteiger partial charge in [0.2, 0.25) is 11.8 Å². The SMILES string of the molecule is CC1CCCC(C)N1C(=O)CN1CCCC(CNC(=O)C2CCCN2)C1. The van der Waals surface area contributed by atoms with Crippen molar-refractivity contribution in [3.8, 4) is 0 Å². The highest BCUT2D eigenvalue weighted by Crippen LogP contribution is 2.23. The number of amides is 2. The van der Waals surface area contributed by atoms with Crippen molar-refractivity contribution in [1.82, 2.24) is 20.4 Å². The second-order valence-electron chi connectivity index (χ2n) is 8.57. The van der Waals surface area contributed by atoms with E-state index in [4.69, 9.17) is 0 Å². The molecule has 2 N–H and O–H groups in total. The molecule has 0 aromatic heterocycles. The number of carbonyl (C=O) groups is 2. The summed E-state index contributed by atoms with van der Waals surface area (Å²) in [6, 6.07) is 0.730. The molecule has 6 heteroatoms. The van der Waals surface area contributed by atoms with Gasteiger partial charge in [0.15, 0.2) is 0 Å². The molecule has 0 aliphatic carbocycles. The molecule has 0 saturated carbocycles. The summed E-state index contributed by atoms with van der Waals surface area (Å²) in [6.07, 6.45) is 7.77. The molecule has 0 spiro atoms. The molecule has 6 nitrogen and oxygen atoms in total. The lowest BCUT2D eigenvalue weighted by Gasteiger charge is -2.41. The van der Waals surface area contributed by atoms with Gasteiger partial charge in [-0.1, -0.05) is 0 Å². The molecule has 0 radical (unpaired) electrons. The van der Waals surface area contributed by atoms with Crippen LogP contribution in [-0.4, -0.2) is 72.5 Å². The quantitative estimate of drug-likeness (QED) is 0.773. The number of rotatable bonds is 5. The number of hydrogen-bond acceptors (Lipinski definition) is 4. The number of carbonyl (C=O) groups excluding carboxylic acids is 2. The van der Waals surface area contributed by atoms with Gasteiger partial charge in [-0.05, 0) is 77.8 Å². The Kier molecular flexibility index (Phi) is 6.92. The van der Waals surface area contributed by atoms with Crippen molar-refractivity contribution in [2.75, 3.05) is 32.7 Å². The molecule has 4 unspecified atom stereocenters. The van der Waals surface area contributed by atoms with Crippen LogP contribution in [-0.2, 0) is 9.59 Å². The van der Waals surface area contributed by atoms with Gasteiger partial charge in [-0.2, -0.15) is 0 Å². The Bertz CT molecular complexity index is 482. The molecule has 3 aliphatic rings. The van der Waals surface area contributed by atoms with Crippen LogP contribution in [0.3, 0.4) is 0 Å². The van der Waals surface area contributed by atoms with E-state index in [0.29, 0.717) is 24.5 Å². The minimum atomic E-state index is -0.00153. The van der Waals surface area contributed by atoms with Gasteiger partial charge in [-0.3, -0.25) is 14.5 Å². The first-order valence-corrected chi connectivity index (χ1v) is 10.6. The summed E-state index contributed by atoms with van der Waals surface area (Å²) in [6.45, 7) is 8.49. The molecule has 4 atom stereocenters. The zero-order chi connectivity index (χ0) is 18.5. The fourth-order valence-corrected chi connectivity index (χ4v) is 4.92. The van der Waals surface area contributed by atoms with Gasteiger partial charge < -0.3 is 15.5 Å². The normalized spacial score (nSPS) is 33.2. The highest BCUT2D eigenvalue weighted by molar-refractivity contribution is 5.82. The molecule has 26 heavy (non-hydrogen) atoms. The third kappa shape index (κ3) is 4.97. The maximum absolute atomic E-state index is 12.8. The van der Waals surface area contributed by atoms with Crippen molar-refractivity contribution in [2.45, 2.75) is 76.9 Å². The van der Waals surface area contributed by atoms with Crippen molar-refractivity contribution in [2.24, 2.45) is 5.92 Å². The lowest BCUT2D eigenvalue weighted by Crippen LogP contribution is -2.52. The van der Waals surface area contributed by atoms with Crippen LogP contribution in [0, 0.1) is 5.92 Å². The van der Waals surface area contributed by atoms with Gasteiger partial charge in [0.25, 0.3) is 0 Å². The maximum atomic E-state index is 12.8. The first-order valence-electron chi connectivity index (χ1n) is 10.6. The van der Waals surface area contributed by atoms with Gasteiger partial charge in [0.1, 0.15) is 0 Å². The average Bonchev–Trinajstić information content (AvgIpc) is 3.14. The number of nitrogens with one attached hydrogen (secondary N) is 2. The second kappa shape index (κ2) is 9.18. The Morgan fingerprint density at radius 2 is 1.81 bits per heavy atom. The molecule has 0 aromatic rings. The lowest BCUT2D eigenvalue weighted by molar-refractivity contribution is -0.139. The summed E-state index contributed by atoms with van der Waals surface area (Å²) < 4.78 is 0. The number of hydrogen-bond donors (Lipinski definition) is 2. The summed E-state index contributed by atoms with van der Waals surface area (Å²) >= 11 is 0. The summed E-state index contributed by atoms with van der Waals surface area (Å²) in [7, 11) is 0. The highest BCUT2D eigenvalue weighted by Gasteiger charge is 2.31. The molecule has 3 fully saturated rings. The molecule has 3 saturated heterocycles. The predicted molar refractivity (Wildman–Crippen MR) is 103 cm³/mol. The molecule has 2 amide bonds. The van der Waals surface area contributed by atoms with E-state index in [1.807, 2.05) is 0 Å². The van der Waals surface area contributed by atoms with E-state index in [-0.39, 0.29) is 17.9 Å². The second-order valence-corrected chi connectivity index (χ2v) is 8.57. The highest BCUT2D eigenvalue weighted by atomic mass is 16.2. The zero-order valence-electron chi connectivity index (χ0n) is 16.5. The summed E-state index contributed by atoms with van der Waals surface area (Å²) in [4.78, 5) is 29.4. The number of likely N-dealkylation sites (tertiary alicyclic amines) is 2. The van der Waals surface area contributed by atoms with E-state index >= 15 is 0 Å². The largest absolute Gasteiger partial charge is 0.354 e. The van der Waals surface area contributed by atoms with Gasteiger partial charge in [0, 0.05) is 25.2 Å². The molecule has 3 heterocycles. The van der Waals surface area contributed by atoms with E-state index in [1.165, 1.54) is 6.42 Å². The molecular weight excluding hydrogens is 328 g/mol. The van der Waals surface area contributed by atoms with Crippen LogP contribution >= 0.6 is 0 Å². The van der Waals surface area contributed by atoms with Crippen molar-refractivity contribution in [1.29, 1.82) is 0 Å². The first kappa shape index (κ1) is 19.6.